The topological polar surface area (TPSA) is 75.7 Å². The molecule has 30 heavy (non-hydrogen) atoms. The first-order valence-electron chi connectivity index (χ1n) is 9.64. The van der Waals surface area contributed by atoms with Crippen LogP contribution in [-0.4, -0.2) is 49.0 Å². The lowest BCUT2D eigenvalue weighted by Crippen LogP contribution is -2.45. The molecule has 1 aliphatic heterocycles. The second-order valence-corrected chi connectivity index (χ2v) is 7.55. The van der Waals surface area contributed by atoms with Gasteiger partial charge in [0.2, 0.25) is 17.7 Å². The third-order valence-electron chi connectivity index (χ3n) is 5.59. The molecule has 1 heterocycles. The molecule has 162 valence electrons. The molecule has 6 nitrogen and oxygen atoms in total. The summed E-state index contributed by atoms with van der Waals surface area (Å²) in [5.41, 5.74) is 0.887. The molecule has 3 amide bonds. The first-order chi connectivity index (χ1) is 14.1. The quantitative estimate of drug-likeness (QED) is 0.562. The minimum Gasteiger partial charge on any atom is -0.496 e. The number of imide groups is 1. The number of alkyl halides is 3. The Morgan fingerprint density at radius 3 is 2.53 bits per heavy atom. The van der Waals surface area contributed by atoms with Crippen LogP contribution in [-0.2, 0) is 20.8 Å². The highest BCUT2D eigenvalue weighted by molar-refractivity contribution is 6.08. The van der Waals surface area contributed by atoms with E-state index in [2.05, 4.69) is 5.32 Å². The van der Waals surface area contributed by atoms with Gasteiger partial charge >= 0.3 is 6.18 Å². The van der Waals surface area contributed by atoms with E-state index >= 15 is 0 Å². The Morgan fingerprint density at radius 2 is 1.87 bits per heavy atom. The van der Waals surface area contributed by atoms with E-state index in [1.807, 2.05) is 18.2 Å². The smallest absolute Gasteiger partial charge is 0.406 e. The van der Waals surface area contributed by atoms with Gasteiger partial charge < -0.3 is 10.1 Å². The Kier molecular flexibility index (Phi) is 6.19. The number of nitrogens with zero attached hydrogens (tertiary/aromatic N) is 1. The van der Waals surface area contributed by atoms with Crippen molar-refractivity contribution < 1.29 is 32.3 Å². The lowest BCUT2D eigenvalue weighted by Gasteiger charge is -2.30. The molecule has 3 rings (SSSR count). The molecule has 0 radical (unpaired) electrons. The molecular weight excluding hydrogens is 401 g/mol. The third-order valence-corrected chi connectivity index (χ3v) is 5.59. The molecule has 0 bridgehead atoms. The SMILES string of the molecule is COc1ccccc1CCNC(=O)C1C(C)C=CC2C(=O)N(CC(F)(F)F)C(=O)C21. The van der Waals surface area contributed by atoms with Crippen molar-refractivity contribution in [3.63, 3.8) is 0 Å². The van der Waals surface area contributed by atoms with Crippen LogP contribution in [0.1, 0.15) is 12.5 Å². The number of halogens is 3. The van der Waals surface area contributed by atoms with Crippen LogP contribution in [0.4, 0.5) is 13.2 Å². The zero-order chi connectivity index (χ0) is 22.1. The highest BCUT2D eigenvalue weighted by Crippen LogP contribution is 2.41. The Hall–Kier alpha value is -2.84. The van der Waals surface area contributed by atoms with Crippen molar-refractivity contribution in [1.82, 2.24) is 10.2 Å². The van der Waals surface area contributed by atoms with Crippen LogP contribution in [0.15, 0.2) is 36.4 Å². The fraction of sp³-hybridized carbons (Fsp3) is 0.476. The molecular formula is C21H23F3N2O4. The number of fused-ring (bicyclic) bond motifs is 1. The van der Waals surface area contributed by atoms with Crippen LogP contribution in [0.2, 0.25) is 0 Å². The van der Waals surface area contributed by atoms with Crippen LogP contribution in [0.25, 0.3) is 0 Å². The number of methoxy groups -OCH3 is 1. The van der Waals surface area contributed by atoms with E-state index in [0.29, 0.717) is 12.2 Å². The Labute approximate surface area is 172 Å². The minimum absolute atomic E-state index is 0.229. The van der Waals surface area contributed by atoms with Gasteiger partial charge in [-0.3, -0.25) is 19.3 Å². The van der Waals surface area contributed by atoms with Crippen LogP contribution < -0.4 is 10.1 Å². The second-order valence-electron chi connectivity index (χ2n) is 7.55. The summed E-state index contributed by atoms with van der Waals surface area (Å²) < 4.78 is 43.7. The van der Waals surface area contributed by atoms with Gasteiger partial charge in [-0.15, -0.1) is 0 Å². The largest absolute Gasteiger partial charge is 0.496 e. The molecule has 4 unspecified atom stereocenters. The monoisotopic (exact) mass is 424 g/mol. The van der Waals surface area contributed by atoms with Crippen molar-refractivity contribution >= 4 is 17.7 Å². The highest BCUT2D eigenvalue weighted by Gasteiger charge is 2.56. The first kappa shape index (κ1) is 21.9. The number of benzene rings is 1. The molecule has 9 heteroatoms. The normalized spacial score (nSPS) is 26.0. The van der Waals surface area contributed by atoms with Crippen molar-refractivity contribution in [3.05, 3.63) is 42.0 Å². The lowest BCUT2D eigenvalue weighted by molar-refractivity contribution is -0.166. The molecule has 1 aromatic carbocycles. The summed E-state index contributed by atoms with van der Waals surface area (Å²) in [7, 11) is 1.54. The molecule has 4 atom stereocenters. The summed E-state index contributed by atoms with van der Waals surface area (Å²) in [6, 6.07) is 7.33. The zero-order valence-electron chi connectivity index (χ0n) is 16.6. The minimum atomic E-state index is -4.69. The van der Waals surface area contributed by atoms with Gasteiger partial charge in [0.05, 0.1) is 24.9 Å². The number of carbonyl (C=O) groups is 3. The van der Waals surface area contributed by atoms with Gasteiger partial charge in [0, 0.05) is 6.54 Å². The highest BCUT2D eigenvalue weighted by atomic mass is 19.4. The maximum atomic E-state index is 12.9. The van der Waals surface area contributed by atoms with Crippen LogP contribution in [0.3, 0.4) is 0 Å². The Morgan fingerprint density at radius 1 is 1.17 bits per heavy atom. The third kappa shape index (κ3) is 4.34. The zero-order valence-corrected chi connectivity index (χ0v) is 16.6. The molecule has 0 saturated carbocycles. The number of hydrogen-bond donors (Lipinski definition) is 1. The van der Waals surface area contributed by atoms with Crippen molar-refractivity contribution in [3.8, 4) is 5.75 Å². The van der Waals surface area contributed by atoms with Crippen molar-refractivity contribution in [2.24, 2.45) is 23.7 Å². The number of ether oxygens (including phenoxy) is 1. The number of carbonyl (C=O) groups excluding carboxylic acids is 3. The Balaban J connectivity index is 1.71. The van der Waals surface area contributed by atoms with E-state index in [1.54, 1.807) is 26.2 Å². The van der Waals surface area contributed by atoms with Gasteiger partial charge in [0.1, 0.15) is 12.3 Å². The summed E-state index contributed by atoms with van der Waals surface area (Å²) in [5, 5.41) is 2.76. The standard InChI is InChI=1S/C21H23F3N2O4/c1-12-7-8-14-17(20(29)26(19(14)28)11-21(22,23)24)16(12)18(27)25-10-9-13-5-3-4-6-15(13)30-2/h3-8,12,14,16-17H,9-11H2,1-2H3,(H,25,27). The van der Waals surface area contributed by atoms with Crippen LogP contribution >= 0.6 is 0 Å². The summed E-state index contributed by atoms with van der Waals surface area (Å²) >= 11 is 0. The fourth-order valence-corrected chi connectivity index (χ4v) is 4.18. The maximum absolute atomic E-state index is 12.9. The molecule has 2 aliphatic rings. The number of likely N-dealkylation sites (tertiary alicyclic amines) is 1. The van der Waals surface area contributed by atoms with Crippen LogP contribution in [0, 0.1) is 23.7 Å². The average molecular weight is 424 g/mol. The van der Waals surface area contributed by atoms with Gasteiger partial charge in [0.25, 0.3) is 0 Å². The van der Waals surface area contributed by atoms with Gasteiger partial charge in [-0.2, -0.15) is 13.2 Å². The van der Waals surface area contributed by atoms with Gasteiger partial charge in [-0.1, -0.05) is 37.3 Å². The first-order valence-corrected chi connectivity index (χ1v) is 9.64. The van der Waals surface area contributed by atoms with E-state index < -0.39 is 48.2 Å². The predicted molar refractivity (Wildman–Crippen MR) is 101 cm³/mol. The van der Waals surface area contributed by atoms with Crippen molar-refractivity contribution in [2.45, 2.75) is 19.5 Å². The average Bonchev–Trinajstić information content (AvgIpc) is 2.91. The predicted octanol–water partition coefficient (Wildman–Crippen LogP) is 2.34. The van der Waals surface area contributed by atoms with E-state index in [1.165, 1.54) is 6.08 Å². The molecule has 1 saturated heterocycles. The maximum Gasteiger partial charge on any atom is 0.406 e. The summed E-state index contributed by atoms with van der Waals surface area (Å²) in [4.78, 5) is 38.1. The molecule has 1 N–H and O–H groups in total. The summed E-state index contributed by atoms with van der Waals surface area (Å²) in [5.74, 6) is -5.08. The number of para-hydroxylation sites is 1. The number of allylic oxidation sites excluding steroid dienone is 1. The van der Waals surface area contributed by atoms with Crippen molar-refractivity contribution in [2.75, 3.05) is 20.2 Å². The molecule has 0 aromatic heterocycles. The molecule has 0 spiro atoms. The van der Waals surface area contributed by atoms with E-state index in [0.717, 1.165) is 5.56 Å². The Bertz CT molecular complexity index is 868. The van der Waals surface area contributed by atoms with Gasteiger partial charge in [-0.25, -0.2) is 0 Å². The molecule has 1 aromatic rings. The van der Waals surface area contributed by atoms with E-state index in [9.17, 15) is 27.6 Å². The number of hydrogen-bond acceptors (Lipinski definition) is 4. The lowest BCUT2D eigenvalue weighted by atomic mass is 9.71. The van der Waals surface area contributed by atoms with Crippen molar-refractivity contribution in [1.29, 1.82) is 0 Å². The van der Waals surface area contributed by atoms with Crippen LogP contribution in [0.5, 0.6) is 5.75 Å². The fourth-order valence-electron chi connectivity index (χ4n) is 4.18. The second kappa shape index (κ2) is 8.49. The van der Waals surface area contributed by atoms with E-state index in [-0.39, 0.29) is 17.4 Å². The number of rotatable bonds is 6. The van der Waals surface area contributed by atoms with Gasteiger partial charge in [0.15, 0.2) is 0 Å². The number of nitrogens with one attached hydrogen (secondary N) is 1. The summed E-state index contributed by atoms with van der Waals surface area (Å²) in [6.07, 6.45) is -1.15. The van der Waals surface area contributed by atoms with E-state index in [4.69, 9.17) is 4.74 Å². The number of amides is 3. The van der Waals surface area contributed by atoms with Gasteiger partial charge in [-0.05, 0) is 24.0 Å². The summed E-state index contributed by atoms with van der Waals surface area (Å²) in [6.45, 7) is 0.335. The molecule has 1 aliphatic carbocycles. The molecule has 1 fully saturated rings.